The van der Waals surface area contributed by atoms with Crippen molar-refractivity contribution in [3.8, 4) is 11.5 Å². The van der Waals surface area contributed by atoms with Gasteiger partial charge in [0.25, 0.3) is 5.91 Å². The van der Waals surface area contributed by atoms with E-state index in [0.29, 0.717) is 25.4 Å². The van der Waals surface area contributed by atoms with E-state index < -0.39 is 5.97 Å². The number of rotatable bonds is 7. The molecule has 4 rings (SSSR count). The summed E-state index contributed by atoms with van der Waals surface area (Å²) in [5.41, 5.74) is 2.90. The predicted octanol–water partition coefficient (Wildman–Crippen LogP) is 5.77. The van der Waals surface area contributed by atoms with E-state index in [1.807, 2.05) is 48.5 Å². The second kappa shape index (κ2) is 13.6. The molecule has 1 N–H and O–H groups in total. The molecule has 1 amide bonds. The van der Waals surface area contributed by atoms with Crippen molar-refractivity contribution in [3.05, 3.63) is 89.5 Å². The number of carbonyl (C=O) groups excluding carboxylic acids is 1. The first-order valence-electron chi connectivity index (χ1n) is 13.2. The van der Waals surface area contributed by atoms with E-state index in [4.69, 9.17) is 9.47 Å². The molecule has 1 aliphatic heterocycles. The quantitative estimate of drug-likeness (QED) is 0.429. The summed E-state index contributed by atoms with van der Waals surface area (Å²) in [7, 11) is 1.66. The zero-order chi connectivity index (χ0) is 26.7. The van der Waals surface area contributed by atoms with E-state index in [9.17, 15) is 14.7 Å². The summed E-state index contributed by atoms with van der Waals surface area (Å²) in [6, 6.07) is 22.4. The molecule has 3 aromatic rings. The average Bonchev–Trinajstić information content (AvgIpc) is 2.93. The van der Waals surface area contributed by atoms with Crippen molar-refractivity contribution in [1.29, 1.82) is 0 Å². The molecule has 0 bridgehead atoms. The van der Waals surface area contributed by atoms with Crippen LogP contribution in [0.5, 0.6) is 11.5 Å². The largest absolute Gasteiger partial charge is 0.497 e. The van der Waals surface area contributed by atoms with Crippen molar-refractivity contribution in [2.75, 3.05) is 31.7 Å². The van der Waals surface area contributed by atoms with E-state index in [2.05, 4.69) is 11.0 Å². The van der Waals surface area contributed by atoms with Crippen molar-refractivity contribution >= 4 is 17.6 Å². The van der Waals surface area contributed by atoms with Gasteiger partial charge in [0.1, 0.15) is 11.5 Å². The van der Waals surface area contributed by atoms with Crippen LogP contribution in [0, 0.1) is 0 Å². The Labute approximate surface area is 224 Å². The number of carbonyl (C=O) groups is 2. The molecule has 0 unspecified atom stereocenters. The Hall–Kier alpha value is -3.84. The average molecular weight is 517 g/mol. The number of methoxy groups -OCH3 is 1. The number of hydrogen-bond acceptors (Lipinski definition) is 5. The molecule has 0 radical (unpaired) electrons. The number of benzene rings is 3. The number of carboxylic acid groups (broad SMARTS) is 1. The normalized spacial score (nSPS) is 15.0. The van der Waals surface area contributed by atoms with Crippen molar-refractivity contribution in [2.24, 2.45) is 0 Å². The van der Waals surface area contributed by atoms with Gasteiger partial charge in [-0.25, -0.2) is 4.79 Å². The first kappa shape index (κ1) is 27.2. The number of nitrogens with zero attached hydrogens (tertiary/aromatic N) is 2. The molecule has 0 fully saturated rings. The minimum absolute atomic E-state index is 0.0857. The van der Waals surface area contributed by atoms with Crippen LogP contribution in [-0.4, -0.2) is 48.7 Å². The lowest BCUT2D eigenvalue weighted by Crippen LogP contribution is -2.37. The van der Waals surface area contributed by atoms with Crippen LogP contribution >= 0.6 is 0 Å². The van der Waals surface area contributed by atoms with Gasteiger partial charge in [-0.05, 0) is 73.0 Å². The van der Waals surface area contributed by atoms with Gasteiger partial charge in [0, 0.05) is 25.3 Å². The highest BCUT2D eigenvalue weighted by Crippen LogP contribution is 2.27. The van der Waals surface area contributed by atoms with E-state index in [-0.39, 0.29) is 18.1 Å². The molecule has 0 saturated carbocycles. The molecule has 3 aromatic carbocycles. The summed E-state index contributed by atoms with van der Waals surface area (Å²) >= 11 is 0. The van der Waals surface area contributed by atoms with Crippen molar-refractivity contribution < 1.29 is 24.2 Å². The Bertz CT molecular complexity index is 1210. The summed E-state index contributed by atoms with van der Waals surface area (Å²) in [5.74, 6) is 0.319. The standard InChI is InChI=1S/C31H36N2O5/c1-37-28-14-10-11-24(19-28)21-32-17-8-3-2-4-9-18-33(30(34)23-38-27-12-6-5-7-13-27)29-16-15-25(31(35)36)20-26(29)22-32/h5-7,10-16,19-20H,2-4,8-9,17-18,21-23H2,1H3,(H,35,36). The second-order valence-corrected chi connectivity index (χ2v) is 9.63. The molecule has 0 atom stereocenters. The van der Waals surface area contributed by atoms with Gasteiger partial charge < -0.3 is 19.5 Å². The fourth-order valence-electron chi connectivity index (χ4n) is 4.85. The summed E-state index contributed by atoms with van der Waals surface area (Å²) in [5, 5.41) is 9.71. The molecule has 0 saturated heterocycles. The van der Waals surface area contributed by atoms with Crippen LogP contribution in [0.15, 0.2) is 72.8 Å². The molecular weight excluding hydrogens is 480 g/mol. The second-order valence-electron chi connectivity index (χ2n) is 9.63. The molecular formula is C31H36N2O5. The maximum absolute atomic E-state index is 13.5. The number of fused-ring (bicyclic) bond motifs is 1. The topological polar surface area (TPSA) is 79.3 Å². The lowest BCUT2D eigenvalue weighted by atomic mass is 10.0. The van der Waals surface area contributed by atoms with Crippen molar-refractivity contribution in [2.45, 2.75) is 45.2 Å². The van der Waals surface area contributed by atoms with Crippen LogP contribution in [-0.2, 0) is 17.9 Å². The van der Waals surface area contributed by atoms with Crippen LogP contribution in [0.2, 0.25) is 0 Å². The smallest absolute Gasteiger partial charge is 0.335 e. The molecule has 0 aliphatic carbocycles. The molecule has 7 nitrogen and oxygen atoms in total. The molecule has 7 heteroatoms. The number of ether oxygens (including phenoxy) is 2. The Morgan fingerprint density at radius 3 is 2.34 bits per heavy atom. The number of para-hydroxylation sites is 1. The minimum atomic E-state index is -0.983. The van der Waals surface area contributed by atoms with E-state index in [1.54, 1.807) is 30.2 Å². The number of aromatic carboxylic acids is 1. The van der Waals surface area contributed by atoms with Gasteiger partial charge in [0.15, 0.2) is 6.61 Å². The summed E-state index contributed by atoms with van der Waals surface area (Å²) in [6.45, 7) is 2.57. The highest BCUT2D eigenvalue weighted by Gasteiger charge is 2.22. The van der Waals surface area contributed by atoms with Crippen molar-refractivity contribution in [1.82, 2.24) is 4.90 Å². The van der Waals surface area contributed by atoms with E-state index in [1.165, 1.54) is 0 Å². The lowest BCUT2D eigenvalue weighted by molar-refractivity contribution is -0.120. The monoisotopic (exact) mass is 516 g/mol. The summed E-state index contributed by atoms with van der Waals surface area (Å²) in [4.78, 5) is 29.4. The molecule has 1 aliphatic rings. The summed E-state index contributed by atoms with van der Waals surface area (Å²) in [6.07, 6.45) is 5.19. The van der Waals surface area contributed by atoms with Gasteiger partial charge in [-0.3, -0.25) is 9.69 Å². The Kier molecular flexibility index (Phi) is 9.76. The number of carboxylic acids is 1. The van der Waals surface area contributed by atoms with Gasteiger partial charge in [-0.2, -0.15) is 0 Å². The fraction of sp³-hybridized carbons (Fsp3) is 0.355. The third kappa shape index (κ3) is 7.59. The summed E-state index contributed by atoms with van der Waals surface area (Å²) < 4.78 is 11.2. The van der Waals surface area contributed by atoms with Crippen LogP contribution in [0.25, 0.3) is 0 Å². The Morgan fingerprint density at radius 2 is 1.58 bits per heavy atom. The number of anilines is 1. The first-order chi connectivity index (χ1) is 18.5. The number of amides is 1. The molecule has 38 heavy (non-hydrogen) atoms. The number of hydrogen-bond donors (Lipinski definition) is 1. The van der Waals surface area contributed by atoms with Crippen LogP contribution < -0.4 is 14.4 Å². The van der Waals surface area contributed by atoms with Crippen LogP contribution in [0.4, 0.5) is 5.69 Å². The minimum Gasteiger partial charge on any atom is -0.497 e. The third-order valence-electron chi connectivity index (χ3n) is 6.81. The van der Waals surface area contributed by atoms with Crippen molar-refractivity contribution in [3.63, 3.8) is 0 Å². The fourth-order valence-corrected chi connectivity index (χ4v) is 4.85. The highest BCUT2D eigenvalue weighted by molar-refractivity contribution is 5.96. The molecule has 200 valence electrons. The molecule has 0 spiro atoms. The maximum Gasteiger partial charge on any atom is 0.335 e. The zero-order valence-corrected chi connectivity index (χ0v) is 22.0. The van der Waals surface area contributed by atoms with Gasteiger partial charge in [-0.15, -0.1) is 0 Å². The molecule has 0 aromatic heterocycles. The predicted molar refractivity (Wildman–Crippen MR) is 148 cm³/mol. The Balaban J connectivity index is 1.64. The van der Waals surface area contributed by atoms with Crippen LogP contribution in [0.3, 0.4) is 0 Å². The van der Waals surface area contributed by atoms with Gasteiger partial charge in [-0.1, -0.05) is 49.6 Å². The van der Waals surface area contributed by atoms with E-state index in [0.717, 1.165) is 61.2 Å². The first-order valence-corrected chi connectivity index (χ1v) is 13.2. The highest BCUT2D eigenvalue weighted by atomic mass is 16.5. The van der Waals surface area contributed by atoms with Gasteiger partial charge in [0.2, 0.25) is 0 Å². The SMILES string of the molecule is COc1cccc(CN2CCCCCCCN(C(=O)COc3ccccc3)c3ccc(C(=O)O)cc3C2)c1. The maximum atomic E-state index is 13.5. The lowest BCUT2D eigenvalue weighted by Gasteiger charge is -2.29. The Morgan fingerprint density at radius 1 is 0.842 bits per heavy atom. The van der Waals surface area contributed by atoms with Gasteiger partial charge in [0.05, 0.1) is 12.7 Å². The zero-order valence-electron chi connectivity index (χ0n) is 22.0. The van der Waals surface area contributed by atoms with Gasteiger partial charge >= 0.3 is 5.97 Å². The third-order valence-corrected chi connectivity index (χ3v) is 6.81. The molecule has 1 heterocycles. The van der Waals surface area contributed by atoms with Crippen LogP contribution in [0.1, 0.15) is 53.6 Å². The van der Waals surface area contributed by atoms with E-state index >= 15 is 0 Å².